The fraction of sp³-hybridized carbons (Fsp3) is 0.286. The van der Waals surface area contributed by atoms with Crippen LogP contribution in [0.25, 0.3) is 11.0 Å². The van der Waals surface area contributed by atoms with Gasteiger partial charge in [0.25, 0.3) is 5.91 Å². The second-order valence-electron chi connectivity index (χ2n) is 8.57. The van der Waals surface area contributed by atoms with E-state index in [4.69, 9.17) is 9.72 Å². The molecule has 1 heterocycles. The smallest absolute Gasteiger partial charge is 0.251 e. The van der Waals surface area contributed by atoms with Gasteiger partial charge < -0.3 is 14.6 Å². The van der Waals surface area contributed by atoms with E-state index in [9.17, 15) is 4.79 Å². The van der Waals surface area contributed by atoms with Crippen molar-refractivity contribution in [2.24, 2.45) is 0 Å². The van der Waals surface area contributed by atoms with Crippen molar-refractivity contribution >= 4 is 16.9 Å². The lowest BCUT2D eigenvalue weighted by atomic mass is 10.1. The highest BCUT2D eigenvalue weighted by molar-refractivity contribution is 5.94. The van der Waals surface area contributed by atoms with Crippen LogP contribution in [0.1, 0.15) is 39.3 Å². The number of rotatable bonds is 9. The van der Waals surface area contributed by atoms with Gasteiger partial charge in [-0.25, -0.2) is 4.98 Å². The maximum absolute atomic E-state index is 12.4. The molecule has 0 saturated carbocycles. The Morgan fingerprint density at radius 1 is 0.939 bits per heavy atom. The Balaban J connectivity index is 1.38. The number of nitrogens with one attached hydrogen (secondary N) is 1. The average Bonchev–Trinajstić information content (AvgIpc) is 3.13. The van der Waals surface area contributed by atoms with E-state index in [1.54, 1.807) is 0 Å². The molecule has 0 aliphatic carbocycles. The maximum atomic E-state index is 12.4. The summed E-state index contributed by atoms with van der Waals surface area (Å²) in [6, 6.07) is 22.1. The zero-order valence-electron chi connectivity index (χ0n) is 19.6. The van der Waals surface area contributed by atoms with Crippen molar-refractivity contribution in [1.82, 2.24) is 14.9 Å². The van der Waals surface area contributed by atoms with E-state index in [0.29, 0.717) is 18.7 Å². The van der Waals surface area contributed by atoms with Crippen LogP contribution >= 0.6 is 0 Å². The van der Waals surface area contributed by atoms with Crippen molar-refractivity contribution in [1.29, 1.82) is 0 Å². The molecule has 0 unspecified atom stereocenters. The van der Waals surface area contributed by atoms with Gasteiger partial charge in [0.2, 0.25) is 0 Å². The molecular formula is C28H31N3O2. The molecule has 0 aliphatic rings. The van der Waals surface area contributed by atoms with Crippen molar-refractivity contribution in [3.63, 3.8) is 0 Å². The number of amides is 1. The minimum Gasteiger partial charge on any atom is -0.492 e. The summed E-state index contributed by atoms with van der Waals surface area (Å²) in [7, 11) is 0. The van der Waals surface area contributed by atoms with Gasteiger partial charge in [-0.15, -0.1) is 0 Å². The first-order valence-electron chi connectivity index (χ1n) is 11.5. The highest BCUT2D eigenvalue weighted by atomic mass is 16.5. The van der Waals surface area contributed by atoms with E-state index in [1.165, 1.54) is 11.1 Å². The Hall–Kier alpha value is -3.60. The average molecular weight is 442 g/mol. The molecule has 4 aromatic rings. The van der Waals surface area contributed by atoms with Crippen LogP contribution in [0.5, 0.6) is 5.75 Å². The molecule has 0 atom stereocenters. The Morgan fingerprint density at radius 3 is 2.52 bits per heavy atom. The SMILES string of the molecule is Cc1cc(C)cc(OCCn2c(CCCNC(=O)c3cccc(C)c3)nc3ccccc32)c1. The third-order valence-corrected chi connectivity index (χ3v) is 5.66. The number of ether oxygens (including phenoxy) is 1. The molecule has 1 N–H and O–H groups in total. The fourth-order valence-electron chi connectivity index (χ4n) is 4.17. The number of para-hydroxylation sites is 2. The van der Waals surface area contributed by atoms with Crippen molar-refractivity contribution in [2.75, 3.05) is 13.2 Å². The standard InChI is InChI=1S/C28H31N3O2/c1-20-8-6-9-23(17-20)28(32)29-13-7-12-27-30-25-10-4-5-11-26(25)31(27)14-15-33-24-18-21(2)16-22(3)19-24/h4-6,8-11,16-19H,7,12-15H2,1-3H3,(H,29,32). The topological polar surface area (TPSA) is 56.1 Å². The van der Waals surface area contributed by atoms with Gasteiger partial charge in [0.1, 0.15) is 18.2 Å². The minimum atomic E-state index is -0.0333. The van der Waals surface area contributed by atoms with Crippen LogP contribution in [0.3, 0.4) is 0 Å². The molecule has 0 aliphatic heterocycles. The molecule has 170 valence electrons. The number of hydrogen-bond donors (Lipinski definition) is 1. The molecule has 3 aromatic carbocycles. The highest BCUT2D eigenvalue weighted by Gasteiger charge is 2.11. The van der Waals surface area contributed by atoms with Crippen LogP contribution in [0.2, 0.25) is 0 Å². The van der Waals surface area contributed by atoms with Crippen LogP contribution in [-0.4, -0.2) is 28.6 Å². The molecule has 0 fully saturated rings. The molecule has 5 heteroatoms. The van der Waals surface area contributed by atoms with Crippen molar-refractivity contribution < 1.29 is 9.53 Å². The first-order chi connectivity index (χ1) is 16.0. The summed E-state index contributed by atoms with van der Waals surface area (Å²) < 4.78 is 8.29. The number of aromatic nitrogens is 2. The summed E-state index contributed by atoms with van der Waals surface area (Å²) in [6.45, 7) is 8.05. The molecule has 0 spiro atoms. The van der Waals surface area contributed by atoms with E-state index in [1.807, 2.05) is 49.4 Å². The van der Waals surface area contributed by atoms with E-state index in [-0.39, 0.29) is 5.91 Å². The Morgan fingerprint density at radius 2 is 1.73 bits per heavy atom. The Labute approximate surface area is 195 Å². The lowest BCUT2D eigenvalue weighted by Gasteiger charge is -2.12. The molecule has 4 rings (SSSR count). The Bertz CT molecular complexity index is 1240. The predicted molar refractivity (Wildman–Crippen MR) is 133 cm³/mol. The second-order valence-corrected chi connectivity index (χ2v) is 8.57. The largest absolute Gasteiger partial charge is 0.492 e. The van der Waals surface area contributed by atoms with Crippen molar-refractivity contribution in [3.05, 3.63) is 94.8 Å². The van der Waals surface area contributed by atoms with E-state index >= 15 is 0 Å². The van der Waals surface area contributed by atoms with Crippen LogP contribution in [0.15, 0.2) is 66.7 Å². The summed E-state index contributed by atoms with van der Waals surface area (Å²) in [5, 5.41) is 3.02. The first-order valence-corrected chi connectivity index (χ1v) is 11.5. The molecule has 1 aromatic heterocycles. The first kappa shape index (κ1) is 22.6. The Kier molecular flexibility index (Phi) is 7.08. The number of benzene rings is 3. The summed E-state index contributed by atoms with van der Waals surface area (Å²) >= 11 is 0. The summed E-state index contributed by atoms with van der Waals surface area (Å²) in [6.07, 6.45) is 1.60. The predicted octanol–water partition coefficient (Wildman–Crippen LogP) is 5.40. The number of imidazole rings is 1. The minimum absolute atomic E-state index is 0.0333. The summed E-state index contributed by atoms with van der Waals surface area (Å²) in [4.78, 5) is 17.2. The maximum Gasteiger partial charge on any atom is 0.251 e. The van der Waals surface area contributed by atoms with Crippen LogP contribution in [0, 0.1) is 20.8 Å². The summed E-state index contributed by atoms with van der Waals surface area (Å²) in [5.41, 5.74) is 6.28. The number of carbonyl (C=O) groups is 1. The molecule has 1 amide bonds. The molecule has 0 bridgehead atoms. The van der Waals surface area contributed by atoms with Gasteiger partial charge in [-0.1, -0.05) is 35.9 Å². The van der Waals surface area contributed by atoms with E-state index in [2.05, 4.69) is 48.0 Å². The molecule has 33 heavy (non-hydrogen) atoms. The fourth-order valence-corrected chi connectivity index (χ4v) is 4.17. The number of nitrogens with zero attached hydrogens (tertiary/aromatic N) is 2. The normalized spacial score (nSPS) is 11.0. The zero-order chi connectivity index (χ0) is 23.2. The molecular weight excluding hydrogens is 410 g/mol. The van der Waals surface area contributed by atoms with E-state index < -0.39 is 0 Å². The molecule has 0 saturated heterocycles. The number of aryl methyl sites for hydroxylation is 4. The van der Waals surface area contributed by atoms with Gasteiger partial charge in [0.15, 0.2) is 0 Å². The van der Waals surface area contributed by atoms with Gasteiger partial charge >= 0.3 is 0 Å². The molecule has 0 radical (unpaired) electrons. The summed E-state index contributed by atoms with van der Waals surface area (Å²) in [5.74, 6) is 1.89. The van der Waals surface area contributed by atoms with Gasteiger partial charge in [0.05, 0.1) is 17.6 Å². The van der Waals surface area contributed by atoms with Gasteiger partial charge in [-0.3, -0.25) is 4.79 Å². The number of carbonyl (C=O) groups excluding carboxylic acids is 1. The van der Waals surface area contributed by atoms with Gasteiger partial charge in [-0.2, -0.15) is 0 Å². The van der Waals surface area contributed by atoms with Crippen LogP contribution in [-0.2, 0) is 13.0 Å². The van der Waals surface area contributed by atoms with Crippen LogP contribution < -0.4 is 10.1 Å². The third kappa shape index (κ3) is 5.80. The number of hydrogen-bond acceptors (Lipinski definition) is 3. The number of fused-ring (bicyclic) bond motifs is 1. The van der Waals surface area contributed by atoms with Crippen LogP contribution in [0.4, 0.5) is 0 Å². The van der Waals surface area contributed by atoms with Crippen molar-refractivity contribution in [3.8, 4) is 5.75 Å². The monoisotopic (exact) mass is 441 g/mol. The van der Waals surface area contributed by atoms with Gasteiger partial charge in [-0.05, 0) is 74.7 Å². The van der Waals surface area contributed by atoms with Gasteiger partial charge in [0, 0.05) is 18.5 Å². The third-order valence-electron chi connectivity index (χ3n) is 5.66. The molecule has 5 nitrogen and oxygen atoms in total. The van der Waals surface area contributed by atoms with E-state index in [0.717, 1.165) is 47.6 Å². The quantitative estimate of drug-likeness (QED) is 0.354. The zero-order valence-corrected chi connectivity index (χ0v) is 19.6. The second kappa shape index (κ2) is 10.3. The highest BCUT2D eigenvalue weighted by Crippen LogP contribution is 2.19. The van der Waals surface area contributed by atoms with Crippen molar-refractivity contribution in [2.45, 2.75) is 40.2 Å². The lowest BCUT2D eigenvalue weighted by Crippen LogP contribution is -2.25. The lowest BCUT2D eigenvalue weighted by molar-refractivity contribution is 0.0953.